The first kappa shape index (κ1) is 21.4. The molecule has 2 N–H and O–H groups in total. The van der Waals surface area contributed by atoms with Crippen molar-refractivity contribution < 1.29 is 8.95 Å². The van der Waals surface area contributed by atoms with Crippen LogP contribution in [0.4, 0.5) is 0 Å². The molecule has 7 heteroatoms. The Hall–Kier alpha value is -0.660. The number of nitrogens with one attached hydrogen (secondary N) is 2. The van der Waals surface area contributed by atoms with Crippen LogP contribution in [0.25, 0.3) is 0 Å². The lowest BCUT2D eigenvalue weighted by atomic mass is 9.95. The van der Waals surface area contributed by atoms with Gasteiger partial charge in [-0.15, -0.1) is 0 Å². The minimum absolute atomic E-state index is 0.337. The topological polar surface area (TPSA) is 66.0 Å². The Kier molecular flexibility index (Phi) is 11.3. The van der Waals surface area contributed by atoms with Gasteiger partial charge in [0.05, 0.1) is 13.2 Å². The van der Waals surface area contributed by atoms with Crippen LogP contribution in [0.15, 0.2) is 4.99 Å². The fourth-order valence-corrected chi connectivity index (χ4v) is 4.30. The highest BCUT2D eigenvalue weighted by atomic mass is 32.2. The Morgan fingerprint density at radius 1 is 1.33 bits per heavy atom. The number of likely N-dealkylation sites (N-methyl/N-ethyl adjacent to an activating group) is 1. The van der Waals surface area contributed by atoms with Crippen molar-refractivity contribution in [2.45, 2.75) is 50.8 Å². The summed E-state index contributed by atoms with van der Waals surface area (Å²) >= 11 is 0. The molecule has 6 nitrogen and oxygen atoms in total. The van der Waals surface area contributed by atoms with Crippen molar-refractivity contribution >= 4 is 16.8 Å². The number of nitrogens with zero attached hydrogens (tertiary/aromatic N) is 2. The zero-order valence-electron chi connectivity index (χ0n) is 15.8. The quantitative estimate of drug-likeness (QED) is 0.453. The van der Waals surface area contributed by atoms with Gasteiger partial charge in [-0.2, -0.15) is 0 Å². The van der Waals surface area contributed by atoms with Crippen molar-refractivity contribution in [1.82, 2.24) is 15.5 Å². The molecule has 0 bridgehead atoms. The van der Waals surface area contributed by atoms with Crippen molar-refractivity contribution in [3.8, 4) is 0 Å². The van der Waals surface area contributed by atoms with Crippen LogP contribution >= 0.6 is 0 Å². The Labute approximate surface area is 150 Å². The van der Waals surface area contributed by atoms with Gasteiger partial charge in [0.25, 0.3) is 0 Å². The lowest BCUT2D eigenvalue weighted by Gasteiger charge is -2.30. The summed E-state index contributed by atoms with van der Waals surface area (Å²) in [7, 11) is 3.12. The smallest absolute Gasteiger partial charge is 0.191 e. The number of rotatable bonds is 10. The highest BCUT2D eigenvalue weighted by Gasteiger charge is 2.25. The normalized spacial score (nSPS) is 23.3. The van der Waals surface area contributed by atoms with Gasteiger partial charge in [0.1, 0.15) is 0 Å². The molecule has 0 radical (unpaired) electrons. The summed E-state index contributed by atoms with van der Waals surface area (Å²) in [4.78, 5) is 6.90. The third kappa shape index (κ3) is 8.44. The van der Waals surface area contributed by atoms with Crippen LogP contribution in [0, 0.1) is 0 Å². The maximum absolute atomic E-state index is 12.1. The highest BCUT2D eigenvalue weighted by Crippen LogP contribution is 2.22. The maximum atomic E-state index is 12.1. The van der Waals surface area contributed by atoms with Gasteiger partial charge in [0.15, 0.2) is 5.96 Å². The first-order valence-corrected chi connectivity index (χ1v) is 10.6. The summed E-state index contributed by atoms with van der Waals surface area (Å²) in [5.41, 5.74) is 0. The van der Waals surface area contributed by atoms with Crippen LogP contribution < -0.4 is 10.6 Å². The van der Waals surface area contributed by atoms with E-state index in [1.807, 2.05) is 6.92 Å². The second-order valence-electron chi connectivity index (χ2n) is 6.36. The highest BCUT2D eigenvalue weighted by molar-refractivity contribution is 7.85. The molecule has 142 valence electrons. The van der Waals surface area contributed by atoms with E-state index in [0.717, 1.165) is 70.2 Å². The monoisotopic (exact) mass is 360 g/mol. The molecule has 0 saturated heterocycles. The molecular formula is C17H36N4O2S. The lowest BCUT2D eigenvalue weighted by Crippen LogP contribution is -2.47. The van der Waals surface area contributed by atoms with Gasteiger partial charge in [-0.25, -0.2) is 0 Å². The number of aliphatic imine (C=N–C) groups is 1. The standard InChI is InChI=1S/C17H36N4O2S/c1-5-18-17(19-10-11-21(3)12-13-23-4)20-15-8-7-9-16(14-15)24(22)6-2/h15-16H,5-14H2,1-4H3,(H2,18,19,20). The van der Waals surface area contributed by atoms with Crippen LogP contribution in [0.5, 0.6) is 0 Å². The van der Waals surface area contributed by atoms with Gasteiger partial charge in [0, 0.05) is 54.6 Å². The van der Waals surface area contributed by atoms with E-state index in [-0.39, 0.29) is 0 Å². The molecule has 0 aliphatic heterocycles. The van der Waals surface area contributed by atoms with Gasteiger partial charge in [-0.1, -0.05) is 13.3 Å². The van der Waals surface area contributed by atoms with Crippen molar-refractivity contribution in [3.05, 3.63) is 0 Å². The zero-order chi connectivity index (χ0) is 17.8. The second kappa shape index (κ2) is 12.7. The average molecular weight is 361 g/mol. The minimum Gasteiger partial charge on any atom is -0.383 e. The molecule has 3 unspecified atom stereocenters. The van der Waals surface area contributed by atoms with E-state index in [1.54, 1.807) is 7.11 Å². The minimum atomic E-state index is -0.686. The summed E-state index contributed by atoms with van der Waals surface area (Å²) in [5, 5.41) is 7.21. The third-order valence-electron chi connectivity index (χ3n) is 4.40. The molecule has 1 aliphatic rings. The van der Waals surface area contributed by atoms with Crippen LogP contribution in [0.3, 0.4) is 0 Å². The SMILES string of the molecule is CCNC(=NCCN(C)CCOC)NC1CCCC(S(=O)CC)C1. The molecule has 0 spiro atoms. The van der Waals surface area contributed by atoms with Crippen LogP contribution in [0.1, 0.15) is 39.5 Å². The molecule has 0 heterocycles. The van der Waals surface area contributed by atoms with E-state index < -0.39 is 10.8 Å². The maximum Gasteiger partial charge on any atom is 0.191 e. The number of guanidine groups is 1. The molecule has 0 aromatic carbocycles. The largest absolute Gasteiger partial charge is 0.383 e. The van der Waals surface area contributed by atoms with Crippen LogP contribution in [-0.4, -0.2) is 79.1 Å². The van der Waals surface area contributed by atoms with Crippen LogP contribution in [-0.2, 0) is 15.5 Å². The lowest BCUT2D eigenvalue weighted by molar-refractivity contribution is 0.163. The first-order chi connectivity index (χ1) is 11.6. The van der Waals surface area contributed by atoms with E-state index in [0.29, 0.717) is 11.3 Å². The molecular weight excluding hydrogens is 324 g/mol. The number of hydrogen-bond acceptors (Lipinski definition) is 4. The molecule has 1 fully saturated rings. The van der Waals surface area contributed by atoms with Gasteiger partial charge in [-0.05, 0) is 33.2 Å². The summed E-state index contributed by atoms with van der Waals surface area (Å²) in [6.07, 6.45) is 4.36. The van der Waals surface area contributed by atoms with Gasteiger partial charge in [-0.3, -0.25) is 9.20 Å². The van der Waals surface area contributed by atoms with E-state index >= 15 is 0 Å². The van der Waals surface area contributed by atoms with E-state index in [2.05, 4.69) is 34.5 Å². The Bertz CT molecular complexity index is 393. The Morgan fingerprint density at radius 3 is 2.79 bits per heavy atom. The number of ether oxygens (including phenoxy) is 1. The van der Waals surface area contributed by atoms with Gasteiger partial charge >= 0.3 is 0 Å². The van der Waals surface area contributed by atoms with Crippen molar-refractivity contribution in [2.75, 3.05) is 52.7 Å². The fraction of sp³-hybridized carbons (Fsp3) is 0.941. The average Bonchev–Trinajstić information content (AvgIpc) is 2.59. The first-order valence-electron chi connectivity index (χ1n) is 9.20. The molecule has 1 saturated carbocycles. The summed E-state index contributed by atoms with van der Waals surface area (Å²) in [5.74, 6) is 1.64. The van der Waals surface area contributed by atoms with E-state index in [4.69, 9.17) is 4.74 Å². The van der Waals surface area contributed by atoms with E-state index in [1.165, 1.54) is 0 Å². The van der Waals surface area contributed by atoms with Gasteiger partial charge in [0.2, 0.25) is 0 Å². The predicted molar refractivity (Wildman–Crippen MR) is 103 cm³/mol. The molecule has 0 amide bonds. The molecule has 1 rings (SSSR count). The molecule has 0 aromatic rings. The predicted octanol–water partition coefficient (Wildman–Crippen LogP) is 1.20. The second-order valence-corrected chi connectivity index (χ2v) is 8.36. The van der Waals surface area contributed by atoms with Gasteiger partial charge < -0.3 is 20.3 Å². The molecule has 3 atom stereocenters. The molecule has 0 aromatic heterocycles. The Morgan fingerprint density at radius 2 is 2.12 bits per heavy atom. The summed E-state index contributed by atoms with van der Waals surface area (Å²) in [6.45, 7) is 8.28. The van der Waals surface area contributed by atoms with Crippen molar-refractivity contribution in [3.63, 3.8) is 0 Å². The van der Waals surface area contributed by atoms with Crippen LogP contribution in [0.2, 0.25) is 0 Å². The number of hydrogen-bond donors (Lipinski definition) is 2. The van der Waals surface area contributed by atoms with E-state index in [9.17, 15) is 4.21 Å². The number of methoxy groups -OCH3 is 1. The van der Waals surface area contributed by atoms with Crippen molar-refractivity contribution in [1.29, 1.82) is 0 Å². The summed E-state index contributed by atoms with van der Waals surface area (Å²) < 4.78 is 17.2. The van der Waals surface area contributed by atoms with Crippen molar-refractivity contribution in [2.24, 2.45) is 4.99 Å². The fourth-order valence-electron chi connectivity index (χ4n) is 2.96. The zero-order valence-corrected chi connectivity index (χ0v) is 16.7. The molecule has 1 aliphatic carbocycles. The summed E-state index contributed by atoms with van der Waals surface area (Å²) in [6, 6.07) is 0.378. The third-order valence-corrected chi connectivity index (χ3v) is 6.14. The Balaban J connectivity index is 2.46. The molecule has 24 heavy (non-hydrogen) atoms.